The van der Waals surface area contributed by atoms with Crippen LogP contribution in [-0.2, 0) is 16.0 Å². The second kappa shape index (κ2) is 6.14. The Hall–Kier alpha value is -1.71. The van der Waals surface area contributed by atoms with Gasteiger partial charge in [0.05, 0.1) is 5.69 Å². The van der Waals surface area contributed by atoms with Gasteiger partial charge < -0.3 is 4.74 Å². The van der Waals surface area contributed by atoms with Crippen LogP contribution >= 0.6 is 0 Å². The molecule has 0 radical (unpaired) electrons. The fourth-order valence-electron chi connectivity index (χ4n) is 7.49. The van der Waals surface area contributed by atoms with Gasteiger partial charge in [0.15, 0.2) is 0 Å². The number of ether oxygens (including phenoxy) is 1. The van der Waals surface area contributed by atoms with Gasteiger partial charge >= 0.3 is 5.97 Å². The molecule has 4 nitrogen and oxygen atoms in total. The van der Waals surface area contributed by atoms with Crippen molar-refractivity contribution in [1.29, 1.82) is 0 Å². The Morgan fingerprint density at radius 2 is 2.00 bits per heavy atom. The summed E-state index contributed by atoms with van der Waals surface area (Å²) >= 11 is 0. The average molecular weight is 381 g/mol. The highest BCUT2D eigenvalue weighted by Crippen LogP contribution is 2.66. The van der Waals surface area contributed by atoms with Crippen molar-refractivity contribution < 1.29 is 9.53 Å². The van der Waals surface area contributed by atoms with Gasteiger partial charge in [-0.3, -0.25) is 4.79 Å². The molecule has 5 rings (SSSR count). The van der Waals surface area contributed by atoms with E-state index in [1.165, 1.54) is 42.5 Å². The lowest BCUT2D eigenvalue weighted by molar-refractivity contribution is -0.156. The van der Waals surface area contributed by atoms with Gasteiger partial charge in [0.1, 0.15) is 11.9 Å². The van der Waals surface area contributed by atoms with E-state index in [2.05, 4.69) is 31.1 Å². The second-order valence-electron chi connectivity index (χ2n) is 10.1. The maximum absolute atomic E-state index is 11.6. The van der Waals surface area contributed by atoms with Gasteiger partial charge in [-0.05, 0) is 80.6 Å². The zero-order valence-electron chi connectivity index (χ0n) is 17.6. The summed E-state index contributed by atoms with van der Waals surface area (Å²) in [6.07, 6.45) is 12.8. The zero-order valence-corrected chi connectivity index (χ0v) is 17.6. The molecule has 0 amide bonds. The number of allylic oxidation sites excluding steroid dienone is 2. The lowest BCUT2D eigenvalue weighted by Gasteiger charge is -2.57. The van der Waals surface area contributed by atoms with Crippen LogP contribution in [0, 0.1) is 35.5 Å². The number of hydrogen-bond acceptors (Lipinski definition) is 4. The standard InChI is InChI=1S/C24H32N2O2/c1-14-25-13-17-19-6-5-16-18-7-8-22(28-15(2)27)24(18,4)11-9-20(16)23(19,3)12-10-21(17)26-14/h6,13,16,18,20,22H,5,7-12H2,1-4H3/t16?,18?,20?,22-,23-,24-/m0/s1. The van der Waals surface area contributed by atoms with Crippen LogP contribution in [0.15, 0.2) is 12.3 Å². The molecule has 150 valence electrons. The van der Waals surface area contributed by atoms with E-state index >= 15 is 0 Å². The molecule has 1 aromatic rings. The fourth-order valence-corrected chi connectivity index (χ4v) is 7.49. The number of carbonyl (C=O) groups excluding carboxylic acids is 1. The molecule has 4 heteroatoms. The Labute approximate surface area is 168 Å². The Morgan fingerprint density at radius 1 is 1.18 bits per heavy atom. The van der Waals surface area contributed by atoms with Gasteiger partial charge in [-0.25, -0.2) is 9.97 Å². The molecule has 1 aromatic heterocycles. The van der Waals surface area contributed by atoms with Gasteiger partial charge in [0, 0.05) is 24.1 Å². The summed E-state index contributed by atoms with van der Waals surface area (Å²) in [5.41, 5.74) is 4.44. The maximum atomic E-state index is 11.6. The number of rotatable bonds is 1. The van der Waals surface area contributed by atoms with Crippen LogP contribution in [0.3, 0.4) is 0 Å². The summed E-state index contributed by atoms with van der Waals surface area (Å²) in [5.74, 6) is 2.86. The molecule has 0 bridgehead atoms. The molecule has 0 spiro atoms. The van der Waals surface area contributed by atoms with Crippen molar-refractivity contribution in [3.63, 3.8) is 0 Å². The predicted octanol–water partition coefficient (Wildman–Crippen LogP) is 4.90. The summed E-state index contributed by atoms with van der Waals surface area (Å²) in [5, 5.41) is 0. The lowest BCUT2D eigenvalue weighted by Crippen LogP contribution is -2.50. The van der Waals surface area contributed by atoms with E-state index in [1.807, 2.05) is 6.92 Å². The number of nitrogens with zero attached hydrogens (tertiary/aromatic N) is 2. The maximum Gasteiger partial charge on any atom is 0.302 e. The SMILES string of the molecule is CC(=O)O[C@H]1CCC2C3CC=C4c5cnc(C)nc5CC[C@]4(C)C3CC[C@@]21C. The molecule has 3 unspecified atom stereocenters. The summed E-state index contributed by atoms with van der Waals surface area (Å²) in [6, 6.07) is 0. The van der Waals surface area contributed by atoms with Crippen LogP contribution in [0.4, 0.5) is 0 Å². The van der Waals surface area contributed by atoms with E-state index in [0.29, 0.717) is 11.8 Å². The topological polar surface area (TPSA) is 52.1 Å². The van der Waals surface area contributed by atoms with Crippen molar-refractivity contribution in [2.45, 2.75) is 78.7 Å². The number of aromatic nitrogens is 2. The average Bonchev–Trinajstić information content (AvgIpc) is 2.97. The molecule has 4 aliphatic carbocycles. The monoisotopic (exact) mass is 380 g/mol. The minimum Gasteiger partial charge on any atom is -0.462 e. The molecule has 4 aliphatic rings. The third kappa shape index (κ3) is 2.45. The first kappa shape index (κ1) is 18.3. The van der Waals surface area contributed by atoms with Gasteiger partial charge in [-0.1, -0.05) is 19.9 Å². The number of carbonyl (C=O) groups is 1. The Bertz CT molecular complexity index is 862. The normalized spacial score (nSPS) is 41.2. The van der Waals surface area contributed by atoms with E-state index < -0.39 is 0 Å². The predicted molar refractivity (Wildman–Crippen MR) is 108 cm³/mol. The van der Waals surface area contributed by atoms with Gasteiger partial charge in [0.25, 0.3) is 0 Å². The van der Waals surface area contributed by atoms with E-state index in [1.54, 1.807) is 6.92 Å². The number of aryl methyl sites for hydroxylation is 2. The van der Waals surface area contributed by atoms with Crippen LogP contribution in [0.5, 0.6) is 0 Å². The van der Waals surface area contributed by atoms with Crippen LogP contribution in [0.1, 0.15) is 76.4 Å². The first-order chi connectivity index (χ1) is 13.3. The highest BCUT2D eigenvalue weighted by molar-refractivity contribution is 5.74. The van der Waals surface area contributed by atoms with Crippen molar-refractivity contribution in [3.05, 3.63) is 29.4 Å². The van der Waals surface area contributed by atoms with Crippen molar-refractivity contribution in [1.82, 2.24) is 9.97 Å². The van der Waals surface area contributed by atoms with Crippen LogP contribution in [0.25, 0.3) is 5.57 Å². The van der Waals surface area contributed by atoms with Crippen molar-refractivity contribution in [3.8, 4) is 0 Å². The second-order valence-corrected chi connectivity index (χ2v) is 10.1. The highest BCUT2D eigenvalue weighted by atomic mass is 16.5. The molecule has 6 atom stereocenters. The number of hydrogen-bond donors (Lipinski definition) is 0. The van der Waals surface area contributed by atoms with Gasteiger partial charge in [-0.15, -0.1) is 0 Å². The molecule has 2 fully saturated rings. The summed E-state index contributed by atoms with van der Waals surface area (Å²) in [6.45, 7) is 8.44. The Morgan fingerprint density at radius 3 is 2.79 bits per heavy atom. The summed E-state index contributed by atoms with van der Waals surface area (Å²) in [4.78, 5) is 20.9. The van der Waals surface area contributed by atoms with Crippen LogP contribution < -0.4 is 0 Å². The smallest absolute Gasteiger partial charge is 0.302 e. The van der Waals surface area contributed by atoms with Crippen molar-refractivity contribution in [2.75, 3.05) is 0 Å². The first-order valence-electron chi connectivity index (χ1n) is 11.0. The van der Waals surface area contributed by atoms with Crippen molar-refractivity contribution >= 4 is 11.5 Å². The van der Waals surface area contributed by atoms with Crippen molar-refractivity contribution in [2.24, 2.45) is 28.6 Å². The summed E-state index contributed by atoms with van der Waals surface area (Å²) < 4.78 is 5.78. The molecular formula is C24H32N2O2. The third-order valence-corrected chi connectivity index (χ3v) is 8.85. The molecule has 28 heavy (non-hydrogen) atoms. The lowest BCUT2D eigenvalue weighted by atomic mass is 9.48. The third-order valence-electron chi connectivity index (χ3n) is 8.85. The zero-order chi connectivity index (χ0) is 19.7. The molecular weight excluding hydrogens is 348 g/mol. The van der Waals surface area contributed by atoms with Gasteiger partial charge in [-0.2, -0.15) is 0 Å². The molecule has 1 heterocycles. The molecule has 0 N–H and O–H groups in total. The van der Waals surface area contributed by atoms with E-state index in [4.69, 9.17) is 9.72 Å². The van der Waals surface area contributed by atoms with Gasteiger partial charge in [0.2, 0.25) is 0 Å². The van der Waals surface area contributed by atoms with E-state index in [-0.39, 0.29) is 22.9 Å². The largest absolute Gasteiger partial charge is 0.462 e. The van der Waals surface area contributed by atoms with E-state index in [9.17, 15) is 4.79 Å². The Balaban J connectivity index is 1.50. The molecule has 0 saturated heterocycles. The minimum atomic E-state index is -0.119. The van der Waals surface area contributed by atoms with Crippen LogP contribution in [-0.4, -0.2) is 22.0 Å². The fraction of sp³-hybridized carbons (Fsp3) is 0.708. The number of fused-ring (bicyclic) bond motifs is 7. The van der Waals surface area contributed by atoms with E-state index in [0.717, 1.165) is 31.0 Å². The molecule has 0 aromatic carbocycles. The minimum absolute atomic E-state index is 0.109. The quantitative estimate of drug-likeness (QED) is 0.650. The molecule has 0 aliphatic heterocycles. The molecule has 2 saturated carbocycles. The highest BCUT2D eigenvalue weighted by Gasteiger charge is 2.59. The number of esters is 1. The van der Waals surface area contributed by atoms with Crippen LogP contribution in [0.2, 0.25) is 0 Å². The summed E-state index contributed by atoms with van der Waals surface area (Å²) in [7, 11) is 0. The first-order valence-corrected chi connectivity index (χ1v) is 11.0. The Kier molecular flexibility index (Phi) is 4.02.